The Labute approximate surface area is 142 Å². The SMILES string of the molecule is CCOc1cc(CCCCC2CCCCC2)c(OCC)cc1C. The summed E-state index contributed by atoms with van der Waals surface area (Å²) in [6.07, 6.45) is 12.4. The zero-order chi connectivity index (χ0) is 16.5. The van der Waals surface area contributed by atoms with E-state index in [0.29, 0.717) is 0 Å². The highest BCUT2D eigenvalue weighted by molar-refractivity contribution is 5.46. The molecular weight excluding hydrogens is 284 g/mol. The van der Waals surface area contributed by atoms with Crippen LogP contribution in [0.2, 0.25) is 0 Å². The summed E-state index contributed by atoms with van der Waals surface area (Å²) in [5.41, 5.74) is 2.48. The third-order valence-corrected chi connectivity index (χ3v) is 4.99. The van der Waals surface area contributed by atoms with E-state index >= 15 is 0 Å². The largest absolute Gasteiger partial charge is 0.494 e. The fourth-order valence-electron chi connectivity index (χ4n) is 3.72. The third-order valence-electron chi connectivity index (χ3n) is 4.99. The van der Waals surface area contributed by atoms with Crippen molar-refractivity contribution < 1.29 is 9.47 Å². The predicted octanol–water partition coefficient (Wildman–Crippen LogP) is 6.09. The molecule has 0 N–H and O–H groups in total. The lowest BCUT2D eigenvalue weighted by Gasteiger charge is -2.21. The number of benzene rings is 1. The van der Waals surface area contributed by atoms with Crippen LogP contribution in [0.25, 0.3) is 0 Å². The maximum Gasteiger partial charge on any atom is 0.122 e. The minimum Gasteiger partial charge on any atom is -0.494 e. The third kappa shape index (κ3) is 5.75. The van der Waals surface area contributed by atoms with Crippen LogP contribution >= 0.6 is 0 Å². The van der Waals surface area contributed by atoms with Gasteiger partial charge in [-0.2, -0.15) is 0 Å². The number of aryl methyl sites for hydroxylation is 2. The predicted molar refractivity (Wildman–Crippen MR) is 97.6 cm³/mol. The average molecular weight is 319 g/mol. The van der Waals surface area contributed by atoms with Gasteiger partial charge in [0.05, 0.1) is 13.2 Å². The van der Waals surface area contributed by atoms with Crippen LogP contribution in [0.3, 0.4) is 0 Å². The standard InChI is InChI=1S/C21H34O2/c1-4-22-20-16-19(21(23-5-2)15-17(20)3)14-10-9-13-18-11-7-6-8-12-18/h15-16,18H,4-14H2,1-3H3. The Balaban J connectivity index is 1.89. The summed E-state index contributed by atoms with van der Waals surface area (Å²) in [6.45, 7) is 7.64. The van der Waals surface area contributed by atoms with Crippen molar-refractivity contribution in [2.24, 2.45) is 5.92 Å². The topological polar surface area (TPSA) is 18.5 Å². The number of rotatable bonds is 9. The fraction of sp³-hybridized carbons (Fsp3) is 0.714. The molecule has 1 aromatic carbocycles. The second kappa shape index (κ2) is 9.85. The first-order chi connectivity index (χ1) is 11.2. The molecule has 0 amide bonds. The summed E-state index contributed by atoms with van der Waals surface area (Å²) in [5.74, 6) is 3.05. The molecule has 0 aliphatic heterocycles. The quantitative estimate of drug-likeness (QED) is 0.513. The van der Waals surface area contributed by atoms with Crippen molar-refractivity contribution in [3.63, 3.8) is 0 Å². The lowest BCUT2D eigenvalue weighted by molar-refractivity contribution is 0.322. The van der Waals surface area contributed by atoms with Crippen LogP contribution in [0.1, 0.15) is 76.3 Å². The maximum atomic E-state index is 5.84. The van der Waals surface area contributed by atoms with Crippen LogP contribution in [0, 0.1) is 12.8 Å². The van der Waals surface area contributed by atoms with Gasteiger partial charge in [0.2, 0.25) is 0 Å². The number of unbranched alkanes of at least 4 members (excludes halogenated alkanes) is 1. The molecule has 1 aromatic rings. The Morgan fingerprint density at radius 3 is 2.30 bits per heavy atom. The van der Waals surface area contributed by atoms with Gasteiger partial charge in [0.25, 0.3) is 0 Å². The van der Waals surface area contributed by atoms with Crippen molar-refractivity contribution >= 4 is 0 Å². The minimum atomic E-state index is 0.718. The molecule has 130 valence electrons. The van der Waals surface area contributed by atoms with Crippen LogP contribution < -0.4 is 9.47 Å². The summed E-state index contributed by atoms with van der Waals surface area (Å²) in [4.78, 5) is 0. The number of hydrogen-bond acceptors (Lipinski definition) is 2. The van der Waals surface area contributed by atoms with Gasteiger partial charge in [0.1, 0.15) is 11.5 Å². The molecule has 1 saturated carbocycles. The van der Waals surface area contributed by atoms with Gasteiger partial charge >= 0.3 is 0 Å². The lowest BCUT2D eigenvalue weighted by atomic mass is 9.85. The Hall–Kier alpha value is -1.18. The van der Waals surface area contributed by atoms with Gasteiger partial charge < -0.3 is 9.47 Å². The van der Waals surface area contributed by atoms with E-state index < -0.39 is 0 Å². The van der Waals surface area contributed by atoms with Gasteiger partial charge in [0, 0.05) is 0 Å². The normalized spacial score (nSPS) is 15.6. The molecule has 0 heterocycles. The Morgan fingerprint density at radius 1 is 0.913 bits per heavy atom. The zero-order valence-electron chi connectivity index (χ0n) is 15.3. The molecule has 2 rings (SSSR count). The van der Waals surface area contributed by atoms with E-state index in [-0.39, 0.29) is 0 Å². The number of hydrogen-bond donors (Lipinski definition) is 0. The van der Waals surface area contributed by atoms with Gasteiger partial charge in [-0.25, -0.2) is 0 Å². The van der Waals surface area contributed by atoms with Crippen molar-refractivity contribution in [2.75, 3.05) is 13.2 Å². The van der Waals surface area contributed by atoms with E-state index in [1.165, 1.54) is 62.5 Å². The Bertz CT molecular complexity index is 461. The van der Waals surface area contributed by atoms with Crippen LogP contribution in [-0.2, 0) is 6.42 Å². The van der Waals surface area contributed by atoms with Crippen molar-refractivity contribution in [3.8, 4) is 11.5 Å². The molecule has 1 aliphatic rings. The molecule has 0 bridgehead atoms. The first-order valence-corrected chi connectivity index (χ1v) is 9.63. The molecule has 1 fully saturated rings. The molecular formula is C21H34O2. The molecule has 23 heavy (non-hydrogen) atoms. The van der Waals surface area contributed by atoms with Crippen molar-refractivity contribution in [1.29, 1.82) is 0 Å². The monoisotopic (exact) mass is 318 g/mol. The summed E-state index contributed by atoms with van der Waals surface area (Å²) in [6, 6.07) is 4.34. The first kappa shape index (κ1) is 18.2. The van der Waals surface area contributed by atoms with Gasteiger partial charge in [-0.05, 0) is 62.8 Å². The molecule has 2 heteroatoms. The van der Waals surface area contributed by atoms with Crippen molar-refractivity contribution in [1.82, 2.24) is 0 Å². The number of ether oxygens (including phenoxy) is 2. The fourth-order valence-corrected chi connectivity index (χ4v) is 3.72. The highest BCUT2D eigenvalue weighted by atomic mass is 16.5. The second-order valence-corrected chi connectivity index (χ2v) is 6.84. The van der Waals surface area contributed by atoms with Crippen LogP contribution in [0.15, 0.2) is 12.1 Å². The average Bonchev–Trinajstić information content (AvgIpc) is 2.56. The van der Waals surface area contributed by atoms with Crippen molar-refractivity contribution in [3.05, 3.63) is 23.3 Å². The highest BCUT2D eigenvalue weighted by Gasteiger charge is 2.13. The smallest absolute Gasteiger partial charge is 0.122 e. The first-order valence-electron chi connectivity index (χ1n) is 9.63. The minimum absolute atomic E-state index is 0.718. The molecule has 0 radical (unpaired) electrons. The summed E-state index contributed by atoms with van der Waals surface area (Å²) in [7, 11) is 0. The van der Waals surface area contributed by atoms with Crippen molar-refractivity contribution in [2.45, 2.75) is 78.6 Å². The molecule has 0 unspecified atom stereocenters. The van der Waals surface area contributed by atoms with Crippen LogP contribution in [-0.4, -0.2) is 13.2 Å². The van der Waals surface area contributed by atoms with Gasteiger partial charge in [-0.3, -0.25) is 0 Å². The summed E-state index contributed by atoms with van der Waals surface area (Å²) in [5, 5.41) is 0. The van der Waals surface area contributed by atoms with E-state index in [2.05, 4.69) is 26.0 Å². The molecule has 0 aromatic heterocycles. The molecule has 0 spiro atoms. The van der Waals surface area contributed by atoms with Gasteiger partial charge in [0.15, 0.2) is 0 Å². The highest BCUT2D eigenvalue weighted by Crippen LogP contribution is 2.31. The molecule has 0 saturated heterocycles. The lowest BCUT2D eigenvalue weighted by Crippen LogP contribution is -2.06. The summed E-state index contributed by atoms with van der Waals surface area (Å²) >= 11 is 0. The van der Waals surface area contributed by atoms with E-state index in [1.807, 2.05) is 6.92 Å². The molecule has 1 aliphatic carbocycles. The summed E-state index contributed by atoms with van der Waals surface area (Å²) < 4.78 is 11.6. The second-order valence-electron chi connectivity index (χ2n) is 6.84. The van der Waals surface area contributed by atoms with E-state index in [9.17, 15) is 0 Å². The Kier molecular flexibility index (Phi) is 7.78. The molecule has 0 atom stereocenters. The van der Waals surface area contributed by atoms with Crippen LogP contribution in [0.5, 0.6) is 11.5 Å². The van der Waals surface area contributed by atoms with E-state index in [0.717, 1.165) is 37.1 Å². The maximum absolute atomic E-state index is 5.84. The zero-order valence-corrected chi connectivity index (χ0v) is 15.3. The van der Waals surface area contributed by atoms with E-state index in [1.54, 1.807) is 0 Å². The van der Waals surface area contributed by atoms with Gasteiger partial charge in [-0.1, -0.05) is 44.9 Å². The molecule has 2 nitrogen and oxygen atoms in total. The van der Waals surface area contributed by atoms with Crippen LogP contribution in [0.4, 0.5) is 0 Å². The van der Waals surface area contributed by atoms with Gasteiger partial charge in [-0.15, -0.1) is 0 Å². The Morgan fingerprint density at radius 2 is 1.61 bits per heavy atom. The van der Waals surface area contributed by atoms with E-state index in [4.69, 9.17) is 9.47 Å².